The molecule has 0 radical (unpaired) electrons. The summed E-state index contributed by atoms with van der Waals surface area (Å²) in [5.74, 6) is -0.804. The number of hydrogen-bond acceptors (Lipinski definition) is 4. The lowest BCUT2D eigenvalue weighted by atomic mass is 10.2. The normalized spacial score (nSPS) is 10.2. The van der Waals surface area contributed by atoms with Crippen LogP contribution in [0.3, 0.4) is 0 Å². The third-order valence-corrected chi connectivity index (χ3v) is 2.54. The molecule has 20 heavy (non-hydrogen) atoms. The standard InChI is InChI=1S/C13H26N2O5/c1-19-10-11-20-9-5-4-8-15-13(18)14-7-3-2-6-12(16)17/h2-11H2,1H3,(H,16,17)(H2,14,15,18). The Balaban J connectivity index is 3.18. The molecule has 7 heteroatoms. The van der Waals surface area contributed by atoms with E-state index in [-0.39, 0.29) is 12.5 Å². The number of aliphatic carboxylic acids is 1. The molecule has 0 bridgehead atoms. The molecule has 0 aliphatic rings. The highest BCUT2D eigenvalue weighted by Crippen LogP contribution is 1.93. The molecule has 3 N–H and O–H groups in total. The summed E-state index contributed by atoms with van der Waals surface area (Å²) in [6.45, 7) is 2.97. The lowest BCUT2D eigenvalue weighted by molar-refractivity contribution is -0.137. The number of carbonyl (C=O) groups excluding carboxylic acids is 1. The van der Waals surface area contributed by atoms with E-state index in [1.54, 1.807) is 7.11 Å². The molecule has 0 atom stereocenters. The Labute approximate surface area is 120 Å². The van der Waals surface area contributed by atoms with Crippen molar-refractivity contribution in [1.82, 2.24) is 10.6 Å². The third-order valence-electron chi connectivity index (χ3n) is 2.54. The number of hydrogen-bond donors (Lipinski definition) is 3. The van der Waals surface area contributed by atoms with Gasteiger partial charge in [-0.25, -0.2) is 4.79 Å². The highest BCUT2D eigenvalue weighted by atomic mass is 16.5. The summed E-state index contributed by atoms with van der Waals surface area (Å²) in [5, 5.41) is 13.9. The smallest absolute Gasteiger partial charge is 0.314 e. The highest BCUT2D eigenvalue weighted by molar-refractivity contribution is 5.73. The maximum Gasteiger partial charge on any atom is 0.314 e. The number of ether oxygens (including phenoxy) is 2. The fourth-order valence-corrected chi connectivity index (χ4v) is 1.44. The number of urea groups is 1. The predicted octanol–water partition coefficient (Wildman–Crippen LogP) is 0.984. The van der Waals surface area contributed by atoms with Crippen LogP contribution in [0.4, 0.5) is 4.79 Å². The van der Waals surface area contributed by atoms with E-state index in [2.05, 4.69) is 10.6 Å². The zero-order chi connectivity index (χ0) is 15.1. The van der Waals surface area contributed by atoms with Crippen LogP contribution in [-0.2, 0) is 14.3 Å². The molecule has 0 spiro atoms. The van der Waals surface area contributed by atoms with Crippen LogP contribution in [0, 0.1) is 0 Å². The van der Waals surface area contributed by atoms with Crippen molar-refractivity contribution >= 4 is 12.0 Å². The van der Waals surface area contributed by atoms with E-state index in [4.69, 9.17) is 14.6 Å². The first kappa shape index (κ1) is 18.7. The van der Waals surface area contributed by atoms with Crippen LogP contribution < -0.4 is 10.6 Å². The molecule has 0 aliphatic heterocycles. The largest absolute Gasteiger partial charge is 0.481 e. The van der Waals surface area contributed by atoms with Crippen molar-refractivity contribution in [1.29, 1.82) is 0 Å². The van der Waals surface area contributed by atoms with Crippen molar-refractivity contribution < 1.29 is 24.2 Å². The average Bonchev–Trinajstić information content (AvgIpc) is 2.41. The summed E-state index contributed by atoms with van der Waals surface area (Å²) in [7, 11) is 1.63. The summed E-state index contributed by atoms with van der Waals surface area (Å²) in [5.41, 5.74) is 0. The van der Waals surface area contributed by atoms with Crippen LogP contribution in [0.15, 0.2) is 0 Å². The minimum Gasteiger partial charge on any atom is -0.481 e. The summed E-state index contributed by atoms with van der Waals surface area (Å²) >= 11 is 0. The molecule has 7 nitrogen and oxygen atoms in total. The van der Waals surface area contributed by atoms with E-state index >= 15 is 0 Å². The van der Waals surface area contributed by atoms with E-state index in [0.717, 1.165) is 12.8 Å². The minimum atomic E-state index is -0.804. The molecule has 0 fully saturated rings. The van der Waals surface area contributed by atoms with Gasteiger partial charge in [0.25, 0.3) is 0 Å². The molecular weight excluding hydrogens is 264 g/mol. The summed E-state index contributed by atoms with van der Waals surface area (Å²) in [4.78, 5) is 21.6. The molecular formula is C13H26N2O5. The Hall–Kier alpha value is -1.34. The third kappa shape index (κ3) is 14.7. The van der Waals surface area contributed by atoms with Crippen LogP contribution in [0.1, 0.15) is 32.1 Å². The molecule has 118 valence electrons. The van der Waals surface area contributed by atoms with E-state index in [9.17, 15) is 9.59 Å². The number of amides is 2. The van der Waals surface area contributed by atoms with Gasteiger partial charge in [0.2, 0.25) is 0 Å². The number of rotatable bonds is 13. The van der Waals surface area contributed by atoms with E-state index in [1.165, 1.54) is 0 Å². The van der Waals surface area contributed by atoms with Crippen molar-refractivity contribution in [2.45, 2.75) is 32.1 Å². The molecule has 0 unspecified atom stereocenters. The first-order valence-electron chi connectivity index (χ1n) is 6.97. The second-order valence-electron chi connectivity index (χ2n) is 4.35. The molecule has 2 amide bonds. The molecule has 0 saturated carbocycles. The highest BCUT2D eigenvalue weighted by Gasteiger charge is 2.00. The molecule has 0 saturated heterocycles. The monoisotopic (exact) mass is 290 g/mol. The zero-order valence-electron chi connectivity index (χ0n) is 12.2. The predicted molar refractivity (Wildman–Crippen MR) is 74.8 cm³/mol. The van der Waals surface area contributed by atoms with Gasteiger partial charge in [-0.3, -0.25) is 4.79 Å². The quantitative estimate of drug-likeness (QED) is 0.439. The van der Waals surface area contributed by atoms with Gasteiger partial charge in [0.1, 0.15) is 0 Å². The number of methoxy groups -OCH3 is 1. The number of nitrogens with one attached hydrogen (secondary N) is 2. The number of carbonyl (C=O) groups is 2. The van der Waals surface area contributed by atoms with Crippen molar-refractivity contribution in [2.24, 2.45) is 0 Å². The van der Waals surface area contributed by atoms with Crippen LogP contribution in [-0.4, -0.2) is 57.1 Å². The summed E-state index contributed by atoms with van der Waals surface area (Å²) in [6, 6.07) is -0.208. The van der Waals surface area contributed by atoms with Gasteiger partial charge in [0, 0.05) is 33.2 Å². The van der Waals surface area contributed by atoms with Gasteiger partial charge in [0.15, 0.2) is 0 Å². The maximum absolute atomic E-state index is 11.3. The van der Waals surface area contributed by atoms with Gasteiger partial charge in [-0.05, 0) is 25.7 Å². The fourth-order valence-electron chi connectivity index (χ4n) is 1.44. The van der Waals surface area contributed by atoms with Gasteiger partial charge in [0.05, 0.1) is 13.2 Å². The van der Waals surface area contributed by atoms with Gasteiger partial charge in [-0.1, -0.05) is 0 Å². The van der Waals surface area contributed by atoms with Gasteiger partial charge < -0.3 is 25.2 Å². The van der Waals surface area contributed by atoms with Crippen LogP contribution in [0.25, 0.3) is 0 Å². The van der Waals surface area contributed by atoms with Crippen molar-refractivity contribution in [3.63, 3.8) is 0 Å². The van der Waals surface area contributed by atoms with Gasteiger partial charge >= 0.3 is 12.0 Å². The van der Waals surface area contributed by atoms with Gasteiger partial charge in [-0.2, -0.15) is 0 Å². The molecule has 0 aliphatic carbocycles. The Morgan fingerprint density at radius 1 is 0.950 bits per heavy atom. The molecule has 0 aromatic carbocycles. The Morgan fingerprint density at radius 3 is 2.20 bits per heavy atom. The second kappa shape index (κ2) is 14.1. The first-order chi connectivity index (χ1) is 9.66. The zero-order valence-corrected chi connectivity index (χ0v) is 12.2. The minimum absolute atomic E-state index is 0.145. The van der Waals surface area contributed by atoms with Gasteiger partial charge in [-0.15, -0.1) is 0 Å². The summed E-state index contributed by atoms with van der Waals surface area (Å²) in [6.07, 6.45) is 3.15. The van der Waals surface area contributed by atoms with Crippen LogP contribution >= 0.6 is 0 Å². The first-order valence-corrected chi connectivity index (χ1v) is 6.97. The van der Waals surface area contributed by atoms with Crippen molar-refractivity contribution in [3.8, 4) is 0 Å². The average molecular weight is 290 g/mol. The van der Waals surface area contributed by atoms with Crippen molar-refractivity contribution in [3.05, 3.63) is 0 Å². The van der Waals surface area contributed by atoms with E-state index in [0.29, 0.717) is 45.8 Å². The topological polar surface area (TPSA) is 96.9 Å². The fraction of sp³-hybridized carbons (Fsp3) is 0.846. The number of unbranched alkanes of at least 4 members (excludes halogenated alkanes) is 2. The van der Waals surface area contributed by atoms with Crippen molar-refractivity contribution in [2.75, 3.05) is 40.0 Å². The lowest BCUT2D eigenvalue weighted by Crippen LogP contribution is -2.36. The van der Waals surface area contributed by atoms with Crippen LogP contribution in [0.2, 0.25) is 0 Å². The molecule has 0 rings (SSSR count). The Bertz CT molecular complexity index is 261. The summed E-state index contributed by atoms with van der Waals surface area (Å²) < 4.78 is 10.1. The molecule has 0 aromatic heterocycles. The maximum atomic E-state index is 11.3. The Kier molecular flexibility index (Phi) is 13.1. The number of carboxylic acids is 1. The van der Waals surface area contributed by atoms with E-state index in [1.807, 2.05) is 0 Å². The SMILES string of the molecule is COCCOCCCCNC(=O)NCCCCC(=O)O. The molecule has 0 aromatic rings. The van der Waals surface area contributed by atoms with E-state index < -0.39 is 5.97 Å². The number of carboxylic acid groups (broad SMARTS) is 1. The van der Waals surface area contributed by atoms with Crippen LogP contribution in [0.5, 0.6) is 0 Å². The second-order valence-corrected chi connectivity index (χ2v) is 4.35. The lowest BCUT2D eigenvalue weighted by Gasteiger charge is -2.07. The Morgan fingerprint density at radius 2 is 1.60 bits per heavy atom. The molecule has 0 heterocycles.